The van der Waals surface area contributed by atoms with Gasteiger partial charge in [-0.15, -0.1) is 0 Å². The summed E-state index contributed by atoms with van der Waals surface area (Å²) in [5.41, 5.74) is -1.73. The number of thiol groups is 1. The second kappa shape index (κ2) is 11.8. The molecule has 1 fully saturated rings. The SMILES string of the molecule is CCCCCCCCCC/C=C/C1(S)C(=O)CCC(=O)C1(C(=O)OC)N(C)C. The molecule has 5 nitrogen and oxygen atoms in total. The lowest BCUT2D eigenvalue weighted by Gasteiger charge is -2.48. The van der Waals surface area contributed by atoms with E-state index in [9.17, 15) is 14.4 Å². The molecule has 0 aromatic rings. The van der Waals surface area contributed by atoms with Gasteiger partial charge in [0.2, 0.25) is 5.54 Å². The Morgan fingerprint density at radius 3 is 2.11 bits per heavy atom. The molecule has 160 valence electrons. The van der Waals surface area contributed by atoms with Gasteiger partial charge < -0.3 is 4.74 Å². The van der Waals surface area contributed by atoms with Crippen molar-refractivity contribution >= 4 is 30.2 Å². The summed E-state index contributed by atoms with van der Waals surface area (Å²) in [7, 11) is 4.47. The van der Waals surface area contributed by atoms with Gasteiger partial charge in [-0.3, -0.25) is 14.5 Å². The molecule has 0 amide bonds. The number of carbonyl (C=O) groups is 3. The highest BCUT2D eigenvalue weighted by Gasteiger charge is 2.66. The van der Waals surface area contributed by atoms with E-state index < -0.39 is 16.3 Å². The monoisotopic (exact) mass is 411 g/mol. The van der Waals surface area contributed by atoms with Crippen molar-refractivity contribution in [3.8, 4) is 0 Å². The highest BCUT2D eigenvalue weighted by Crippen LogP contribution is 2.43. The van der Waals surface area contributed by atoms with E-state index in [1.807, 2.05) is 6.08 Å². The number of methoxy groups -OCH3 is 1. The molecule has 0 saturated heterocycles. The average Bonchev–Trinajstić information content (AvgIpc) is 2.66. The molecule has 1 rings (SSSR count). The number of nitrogens with zero attached hydrogens (tertiary/aromatic N) is 1. The molecular weight excluding hydrogens is 374 g/mol. The summed E-state index contributed by atoms with van der Waals surface area (Å²) in [6.07, 6.45) is 14.3. The van der Waals surface area contributed by atoms with Gasteiger partial charge in [0.05, 0.1) is 7.11 Å². The van der Waals surface area contributed by atoms with Crippen LogP contribution < -0.4 is 0 Å². The zero-order valence-electron chi connectivity index (χ0n) is 18.0. The van der Waals surface area contributed by atoms with Gasteiger partial charge in [-0.05, 0) is 26.9 Å². The smallest absolute Gasteiger partial charge is 0.336 e. The summed E-state index contributed by atoms with van der Waals surface area (Å²) in [4.78, 5) is 39.7. The number of ether oxygens (including phenoxy) is 1. The lowest BCUT2D eigenvalue weighted by Crippen LogP contribution is -2.73. The molecule has 0 N–H and O–H groups in total. The minimum atomic E-state index is -1.73. The number of hydrogen-bond acceptors (Lipinski definition) is 6. The van der Waals surface area contributed by atoms with Crippen molar-refractivity contribution in [1.82, 2.24) is 4.90 Å². The minimum Gasteiger partial charge on any atom is -0.467 e. The zero-order chi connectivity index (χ0) is 21.2. The summed E-state index contributed by atoms with van der Waals surface area (Å²) in [5, 5.41) is 0. The highest BCUT2D eigenvalue weighted by atomic mass is 32.1. The lowest BCUT2D eigenvalue weighted by atomic mass is 9.69. The van der Waals surface area contributed by atoms with Crippen molar-refractivity contribution in [3.05, 3.63) is 12.2 Å². The molecular formula is C22H37NO4S. The summed E-state index contributed by atoms with van der Waals surface area (Å²) >= 11 is 4.61. The van der Waals surface area contributed by atoms with Crippen LogP contribution in [-0.4, -0.2) is 53.9 Å². The molecule has 28 heavy (non-hydrogen) atoms. The maximum Gasteiger partial charge on any atom is 0.336 e. The van der Waals surface area contributed by atoms with Crippen LogP contribution in [0.25, 0.3) is 0 Å². The molecule has 1 saturated carbocycles. The summed E-state index contributed by atoms with van der Waals surface area (Å²) in [5.74, 6) is -1.28. The number of likely N-dealkylation sites (N-methyl/N-ethyl adjacent to an activating group) is 1. The molecule has 0 aromatic heterocycles. The third-order valence-electron chi connectivity index (χ3n) is 5.69. The zero-order valence-corrected chi connectivity index (χ0v) is 18.9. The molecule has 6 heteroatoms. The third kappa shape index (κ3) is 5.26. The standard InChI is InChI=1S/C22H37NO4S/c1-5-6-7-8-9-10-11-12-13-14-17-21(28)18(24)15-16-19(25)22(21,23(2)3)20(26)27-4/h14,17,28H,5-13,15-16H2,1-4H3/b17-14+. The summed E-state index contributed by atoms with van der Waals surface area (Å²) < 4.78 is 3.42. The number of esters is 1. The Morgan fingerprint density at radius 2 is 1.57 bits per heavy atom. The first kappa shape index (κ1) is 24.9. The first-order chi connectivity index (χ1) is 13.3. The Morgan fingerprint density at radius 1 is 1.04 bits per heavy atom. The van der Waals surface area contributed by atoms with Crippen molar-refractivity contribution in [2.75, 3.05) is 21.2 Å². The van der Waals surface area contributed by atoms with Gasteiger partial charge in [0.15, 0.2) is 11.6 Å². The van der Waals surface area contributed by atoms with E-state index in [1.54, 1.807) is 20.2 Å². The van der Waals surface area contributed by atoms with Crippen molar-refractivity contribution < 1.29 is 19.1 Å². The fourth-order valence-corrected chi connectivity index (χ4v) is 4.70. The molecule has 0 heterocycles. The molecule has 0 bridgehead atoms. The number of unbranched alkanes of at least 4 members (excludes halogenated alkanes) is 8. The number of ketones is 2. The molecule has 2 atom stereocenters. The van der Waals surface area contributed by atoms with Gasteiger partial charge in [0, 0.05) is 12.8 Å². The molecule has 0 radical (unpaired) electrons. The third-order valence-corrected chi connectivity index (χ3v) is 6.42. The van der Waals surface area contributed by atoms with Gasteiger partial charge >= 0.3 is 5.97 Å². The van der Waals surface area contributed by atoms with Crippen molar-refractivity contribution in [2.45, 2.75) is 87.8 Å². The van der Waals surface area contributed by atoms with Crippen LogP contribution in [-0.2, 0) is 19.1 Å². The predicted molar refractivity (Wildman–Crippen MR) is 116 cm³/mol. The number of hydrogen-bond donors (Lipinski definition) is 1. The first-order valence-corrected chi connectivity index (χ1v) is 11.0. The van der Waals surface area contributed by atoms with Crippen LogP contribution in [0.4, 0.5) is 0 Å². The fourth-order valence-electron chi connectivity index (χ4n) is 4.07. The van der Waals surface area contributed by atoms with Gasteiger partial charge in [-0.2, -0.15) is 12.6 Å². The Labute approximate surface area is 175 Å². The summed E-state index contributed by atoms with van der Waals surface area (Å²) in [6.45, 7) is 2.22. The molecule has 0 aliphatic heterocycles. The van der Waals surface area contributed by atoms with Crippen molar-refractivity contribution in [1.29, 1.82) is 0 Å². The van der Waals surface area contributed by atoms with E-state index in [-0.39, 0.29) is 24.4 Å². The second-order valence-corrected chi connectivity index (χ2v) is 8.58. The van der Waals surface area contributed by atoms with E-state index in [0.717, 1.165) is 19.3 Å². The number of carbonyl (C=O) groups excluding carboxylic acids is 3. The Balaban J connectivity index is 2.77. The second-order valence-electron chi connectivity index (χ2n) is 7.88. The minimum absolute atomic E-state index is 0.0281. The van der Waals surface area contributed by atoms with Crippen LogP contribution in [0, 0.1) is 0 Å². The van der Waals surface area contributed by atoms with E-state index in [0.29, 0.717) is 0 Å². The first-order valence-electron chi connectivity index (χ1n) is 10.5. The van der Waals surface area contributed by atoms with Crippen molar-refractivity contribution in [2.24, 2.45) is 0 Å². The van der Waals surface area contributed by atoms with E-state index >= 15 is 0 Å². The quantitative estimate of drug-likeness (QED) is 0.172. The topological polar surface area (TPSA) is 63.7 Å². The number of rotatable bonds is 12. The average molecular weight is 412 g/mol. The molecule has 2 unspecified atom stereocenters. The van der Waals surface area contributed by atoms with E-state index in [2.05, 4.69) is 19.6 Å². The van der Waals surface area contributed by atoms with Crippen LogP contribution in [0.3, 0.4) is 0 Å². The Bertz CT molecular complexity index is 565. The van der Waals surface area contributed by atoms with Crippen LogP contribution in [0.15, 0.2) is 12.2 Å². The van der Waals surface area contributed by atoms with Crippen LogP contribution in [0.1, 0.15) is 77.6 Å². The van der Waals surface area contributed by atoms with Gasteiger partial charge in [0.25, 0.3) is 0 Å². The highest BCUT2D eigenvalue weighted by molar-refractivity contribution is 7.83. The Kier molecular flexibility index (Phi) is 10.5. The number of allylic oxidation sites excluding steroid dienone is 1. The van der Waals surface area contributed by atoms with Gasteiger partial charge in [-0.1, -0.05) is 64.0 Å². The van der Waals surface area contributed by atoms with Crippen LogP contribution >= 0.6 is 12.6 Å². The van der Waals surface area contributed by atoms with Gasteiger partial charge in [0.1, 0.15) is 4.75 Å². The van der Waals surface area contributed by atoms with E-state index in [4.69, 9.17) is 4.74 Å². The van der Waals surface area contributed by atoms with E-state index in [1.165, 1.54) is 50.5 Å². The lowest BCUT2D eigenvalue weighted by molar-refractivity contribution is -0.165. The Hall–Kier alpha value is -1.14. The van der Waals surface area contributed by atoms with Crippen LogP contribution in [0.2, 0.25) is 0 Å². The molecule has 1 aliphatic carbocycles. The maximum atomic E-state index is 12.8. The summed E-state index contributed by atoms with van der Waals surface area (Å²) in [6, 6.07) is 0. The molecule has 0 aromatic carbocycles. The molecule has 0 spiro atoms. The predicted octanol–water partition coefficient (Wildman–Crippen LogP) is 4.15. The number of Topliss-reactive ketones (excluding diaryl/α,β-unsaturated/α-hetero) is 2. The maximum absolute atomic E-state index is 12.8. The van der Waals surface area contributed by atoms with Crippen molar-refractivity contribution in [3.63, 3.8) is 0 Å². The van der Waals surface area contributed by atoms with Gasteiger partial charge in [-0.25, -0.2) is 4.79 Å². The molecule has 1 aliphatic rings. The fraction of sp³-hybridized carbons (Fsp3) is 0.773. The normalized spacial score (nSPS) is 25.6. The van der Waals surface area contributed by atoms with Crippen LogP contribution in [0.5, 0.6) is 0 Å². The largest absolute Gasteiger partial charge is 0.467 e.